The summed E-state index contributed by atoms with van der Waals surface area (Å²) in [6, 6.07) is 17.7. The van der Waals surface area contributed by atoms with Crippen LogP contribution in [0.4, 0.5) is 0 Å². The number of hydrogen-bond acceptors (Lipinski definition) is 3. The quantitative estimate of drug-likeness (QED) is 0.340. The number of fused-ring (bicyclic) bond motifs is 1. The number of allylic oxidation sites excluding steroid dienone is 5. The van der Waals surface area contributed by atoms with Crippen LogP contribution >= 0.6 is 0 Å². The SMILES string of the molecule is C/C=C\c1c(C/C(C)=C/C(=C\C)C(/N)=C/C(=N)c2ccccc2)oc2ccccc12. The lowest BCUT2D eigenvalue weighted by Gasteiger charge is -2.07. The van der Waals surface area contributed by atoms with Crippen molar-refractivity contribution >= 4 is 22.8 Å². The molecule has 0 radical (unpaired) electrons. The van der Waals surface area contributed by atoms with Crippen LogP contribution in [0.1, 0.15) is 37.7 Å². The fourth-order valence-corrected chi connectivity index (χ4v) is 3.44. The van der Waals surface area contributed by atoms with E-state index in [4.69, 9.17) is 15.6 Å². The molecule has 0 bridgehead atoms. The lowest BCUT2D eigenvalue weighted by atomic mass is 10.0. The molecule has 3 heteroatoms. The highest BCUT2D eigenvalue weighted by molar-refractivity contribution is 6.07. The maximum Gasteiger partial charge on any atom is 0.134 e. The summed E-state index contributed by atoms with van der Waals surface area (Å²) in [7, 11) is 0. The van der Waals surface area contributed by atoms with Gasteiger partial charge in [-0.2, -0.15) is 0 Å². The van der Waals surface area contributed by atoms with Crippen molar-refractivity contribution in [1.82, 2.24) is 0 Å². The van der Waals surface area contributed by atoms with Gasteiger partial charge in [-0.1, -0.05) is 78.4 Å². The molecule has 0 saturated carbocycles. The number of nitrogens with two attached hydrogens (primary N) is 1. The monoisotopic (exact) mass is 396 g/mol. The molecule has 0 spiro atoms. The molecule has 0 unspecified atom stereocenters. The molecular weight excluding hydrogens is 368 g/mol. The minimum Gasteiger partial charge on any atom is -0.460 e. The van der Waals surface area contributed by atoms with E-state index < -0.39 is 0 Å². The van der Waals surface area contributed by atoms with E-state index in [0.717, 1.165) is 39.0 Å². The Balaban J connectivity index is 1.85. The van der Waals surface area contributed by atoms with Gasteiger partial charge < -0.3 is 15.6 Å². The Morgan fingerprint density at radius 3 is 2.40 bits per heavy atom. The fourth-order valence-electron chi connectivity index (χ4n) is 3.44. The molecule has 30 heavy (non-hydrogen) atoms. The first-order chi connectivity index (χ1) is 14.5. The molecule has 0 aliphatic heterocycles. The Morgan fingerprint density at radius 1 is 1.00 bits per heavy atom. The van der Waals surface area contributed by atoms with Gasteiger partial charge in [0.2, 0.25) is 0 Å². The van der Waals surface area contributed by atoms with Crippen molar-refractivity contribution in [2.75, 3.05) is 0 Å². The first kappa shape index (κ1) is 21.1. The van der Waals surface area contributed by atoms with E-state index in [9.17, 15) is 0 Å². The van der Waals surface area contributed by atoms with E-state index in [1.165, 1.54) is 0 Å². The van der Waals surface area contributed by atoms with E-state index in [0.29, 0.717) is 17.8 Å². The van der Waals surface area contributed by atoms with Crippen LogP contribution in [0.3, 0.4) is 0 Å². The Bertz CT molecular complexity index is 1160. The Labute approximate surface area is 178 Å². The summed E-state index contributed by atoms with van der Waals surface area (Å²) in [5, 5.41) is 9.42. The van der Waals surface area contributed by atoms with E-state index in [1.807, 2.05) is 74.5 Å². The molecule has 0 fully saturated rings. The molecule has 152 valence electrons. The van der Waals surface area contributed by atoms with E-state index in [1.54, 1.807) is 6.08 Å². The maximum atomic E-state index is 8.30. The average Bonchev–Trinajstić information content (AvgIpc) is 3.09. The van der Waals surface area contributed by atoms with Gasteiger partial charge in [-0.25, -0.2) is 0 Å². The standard InChI is InChI=1S/C27H28N2O/c1-4-11-22-23-14-9-10-15-26(23)30-27(22)17-19(3)16-20(5-2)24(28)18-25(29)21-12-7-6-8-13-21/h4-16,18,29H,17,28H2,1-3H3/b11-4-,19-16+,20-5+,24-18-,29-25?. The largest absolute Gasteiger partial charge is 0.460 e. The fraction of sp³-hybridized carbons (Fsp3) is 0.148. The van der Waals surface area contributed by atoms with Crippen LogP contribution in [0.15, 0.2) is 100 Å². The third-order valence-corrected chi connectivity index (χ3v) is 4.91. The molecule has 3 N–H and O–H groups in total. The van der Waals surface area contributed by atoms with E-state index in [-0.39, 0.29) is 0 Å². The van der Waals surface area contributed by atoms with Gasteiger partial charge in [0, 0.05) is 23.1 Å². The zero-order chi connectivity index (χ0) is 21.5. The van der Waals surface area contributed by atoms with Gasteiger partial charge in [-0.3, -0.25) is 0 Å². The highest BCUT2D eigenvalue weighted by atomic mass is 16.3. The van der Waals surface area contributed by atoms with Gasteiger partial charge in [-0.15, -0.1) is 0 Å². The van der Waals surface area contributed by atoms with E-state index >= 15 is 0 Å². The molecule has 2 aromatic carbocycles. The van der Waals surface area contributed by atoms with Crippen LogP contribution in [0.5, 0.6) is 0 Å². The van der Waals surface area contributed by atoms with E-state index in [2.05, 4.69) is 25.1 Å². The van der Waals surface area contributed by atoms with Gasteiger partial charge in [0.05, 0.1) is 5.71 Å². The topological polar surface area (TPSA) is 63.0 Å². The van der Waals surface area contributed by atoms with Crippen LogP contribution in [-0.2, 0) is 6.42 Å². The zero-order valence-electron chi connectivity index (χ0n) is 17.8. The summed E-state index contributed by atoms with van der Waals surface area (Å²) in [4.78, 5) is 0. The van der Waals surface area contributed by atoms with Gasteiger partial charge in [0.1, 0.15) is 11.3 Å². The summed E-state index contributed by atoms with van der Waals surface area (Å²) in [5.74, 6) is 0.943. The van der Waals surface area contributed by atoms with Crippen LogP contribution < -0.4 is 5.73 Å². The molecule has 1 heterocycles. The highest BCUT2D eigenvalue weighted by Gasteiger charge is 2.12. The second kappa shape index (κ2) is 9.75. The maximum absolute atomic E-state index is 8.30. The highest BCUT2D eigenvalue weighted by Crippen LogP contribution is 2.29. The number of furan rings is 1. The number of nitrogens with one attached hydrogen (secondary N) is 1. The first-order valence-electron chi connectivity index (χ1n) is 10.1. The molecule has 0 aliphatic rings. The molecular formula is C27H28N2O. The minimum absolute atomic E-state index is 0.395. The van der Waals surface area contributed by atoms with Crippen LogP contribution in [-0.4, -0.2) is 5.71 Å². The molecule has 1 aromatic heterocycles. The second-order valence-electron chi connectivity index (χ2n) is 7.23. The summed E-state index contributed by atoms with van der Waals surface area (Å²) in [6.45, 7) is 6.05. The smallest absolute Gasteiger partial charge is 0.134 e. The Kier molecular flexibility index (Phi) is 6.87. The number of rotatable bonds is 7. The second-order valence-corrected chi connectivity index (χ2v) is 7.23. The van der Waals surface area contributed by atoms with Crippen molar-refractivity contribution < 1.29 is 4.42 Å². The average molecular weight is 397 g/mol. The molecule has 3 rings (SSSR count). The Morgan fingerprint density at radius 2 is 1.70 bits per heavy atom. The summed E-state index contributed by atoms with van der Waals surface area (Å²) in [6.07, 6.45) is 10.6. The molecule has 0 atom stereocenters. The lowest BCUT2D eigenvalue weighted by molar-refractivity contribution is 0.560. The van der Waals surface area contributed by atoms with Gasteiger partial charge in [-0.05, 0) is 44.1 Å². The first-order valence-corrected chi connectivity index (χ1v) is 10.1. The van der Waals surface area contributed by atoms with Crippen LogP contribution in [0.25, 0.3) is 17.0 Å². The number of para-hydroxylation sites is 1. The normalized spacial score (nSPS) is 13.4. The summed E-state index contributed by atoms with van der Waals surface area (Å²) >= 11 is 0. The van der Waals surface area contributed by atoms with Crippen molar-refractivity contribution in [2.45, 2.75) is 27.2 Å². The number of benzene rings is 2. The third-order valence-electron chi connectivity index (χ3n) is 4.91. The molecule has 0 saturated heterocycles. The Hall–Kier alpha value is -3.59. The zero-order valence-corrected chi connectivity index (χ0v) is 17.8. The minimum atomic E-state index is 0.395. The summed E-state index contributed by atoms with van der Waals surface area (Å²) in [5.41, 5.74) is 12.2. The van der Waals surface area contributed by atoms with Crippen molar-refractivity contribution in [3.8, 4) is 0 Å². The van der Waals surface area contributed by atoms with Gasteiger partial charge >= 0.3 is 0 Å². The summed E-state index contributed by atoms with van der Waals surface area (Å²) < 4.78 is 6.13. The lowest BCUT2D eigenvalue weighted by Crippen LogP contribution is -2.05. The van der Waals surface area contributed by atoms with Crippen molar-refractivity contribution in [1.29, 1.82) is 5.41 Å². The van der Waals surface area contributed by atoms with Crippen LogP contribution in [0.2, 0.25) is 0 Å². The van der Waals surface area contributed by atoms with Crippen LogP contribution in [0, 0.1) is 5.41 Å². The predicted octanol–water partition coefficient (Wildman–Crippen LogP) is 6.81. The van der Waals surface area contributed by atoms with Crippen molar-refractivity contribution in [3.63, 3.8) is 0 Å². The predicted molar refractivity (Wildman–Crippen MR) is 128 cm³/mol. The third kappa shape index (κ3) is 4.87. The van der Waals surface area contributed by atoms with Gasteiger partial charge in [0.15, 0.2) is 0 Å². The molecule has 3 aromatic rings. The molecule has 0 aliphatic carbocycles. The van der Waals surface area contributed by atoms with Crippen molar-refractivity contribution in [2.24, 2.45) is 5.73 Å². The number of hydrogen-bond donors (Lipinski definition) is 2. The van der Waals surface area contributed by atoms with Gasteiger partial charge in [0.25, 0.3) is 0 Å². The van der Waals surface area contributed by atoms with Crippen molar-refractivity contribution in [3.05, 3.63) is 113 Å². The molecule has 3 nitrogen and oxygen atoms in total. The molecule has 0 amide bonds.